The van der Waals surface area contributed by atoms with Gasteiger partial charge in [0.15, 0.2) is 0 Å². The van der Waals surface area contributed by atoms with Crippen molar-refractivity contribution in [3.63, 3.8) is 0 Å². The van der Waals surface area contributed by atoms with Crippen LogP contribution in [0.15, 0.2) is 24.3 Å². The summed E-state index contributed by atoms with van der Waals surface area (Å²) in [4.78, 5) is 2.49. The standard InChI is InChI=1S/C15H23NO/c1-13(2)15-5-3-14(4-6-15)7-8-16-9-11-17-12-10-16/h3-6,13H,7-12H2,1-2H3. The van der Waals surface area contributed by atoms with Crippen molar-refractivity contribution >= 4 is 0 Å². The summed E-state index contributed by atoms with van der Waals surface area (Å²) in [7, 11) is 0. The first-order valence-corrected chi connectivity index (χ1v) is 6.64. The van der Waals surface area contributed by atoms with E-state index in [4.69, 9.17) is 4.74 Å². The lowest BCUT2D eigenvalue weighted by molar-refractivity contribution is 0.0384. The lowest BCUT2D eigenvalue weighted by atomic mass is 10.0. The van der Waals surface area contributed by atoms with E-state index in [1.807, 2.05) is 0 Å². The third-order valence-electron chi connectivity index (χ3n) is 3.47. The Hall–Kier alpha value is -0.860. The van der Waals surface area contributed by atoms with Crippen LogP contribution in [0.5, 0.6) is 0 Å². The van der Waals surface area contributed by atoms with E-state index >= 15 is 0 Å². The molecule has 0 unspecified atom stereocenters. The highest BCUT2D eigenvalue weighted by Crippen LogP contribution is 2.15. The summed E-state index contributed by atoms with van der Waals surface area (Å²) >= 11 is 0. The van der Waals surface area contributed by atoms with Gasteiger partial charge in [0.25, 0.3) is 0 Å². The Morgan fingerprint density at radius 1 is 1.12 bits per heavy atom. The molecule has 0 radical (unpaired) electrons. The SMILES string of the molecule is CC(C)c1ccc(CCN2CCOCC2)cc1. The third-order valence-corrected chi connectivity index (χ3v) is 3.47. The molecule has 0 N–H and O–H groups in total. The Labute approximate surface area is 105 Å². The predicted molar refractivity (Wildman–Crippen MR) is 71.5 cm³/mol. The van der Waals surface area contributed by atoms with E-state index in [9.17, 15) is 0 Å². The smallest absolute Gasteiger partial charge is 0.0594 e. The molecule has 94 valence electrons. The zero-order valence-corrected chi connectivity index (χ0v) is 11.0. The van der Waals surface area contributed by atoms with Crippen molar-refractivity contribution in [2.24, 2.45) is 0 Å². The third kappa shape index (κ3) is 3.83. The van der Waals surface area contributed by atoms with Gasteiger partial charge in [-0.1, -0.05) is 38.1 Å². The molecular formula is C15H23NO. The van der Waals surface area contributed by atoms with Crippen LogP contribution < -0.4 is 0 Å². The molecule has 0 aromatic heterocycles. The van der Waals surface area contributed by atoms with Gasteiger partial charge in [0.1, 0.15) is 0 Å². The van der Waals surface area contributed by atoms with Crippen LogP contribution in [0.3, 0.4) is 0 Å². The number of rotatable bonds is 4. The van der Waals surface area contributed by atoms with Crippen molar-refractivity contribution in [2.75, 3.05) is 32.8 Å². The molecule has 2 rings (SSSR count). The van der Waals surface area contributed by atoms with E-state index < -0.39 is 0 Å². The first kappa shape index (κ1) is 12.6. The van der Waals surface area contributed by atoms with Gasteiger partial charge in [-0.25, -0.2) is 0 Å². The van der Waals surface area contributed by atoms with Crippen molar-refractivity contribution in [3.05, 3.63) is 35.4 Å². The molecule has 1 saturated heterocycles. The summed E-state index contributed by atoms with van der Waals surface area (Å²) in [5, 5.41) is 0. The number of nitrogens with zero attached hydrogens (tertiary/aromatic N) is 1. The summed E-state index contributed by atoms with van der Waals surface area (Å²) in [6, 6.07) is 9.07. The fraction of sp³-hybridized carbons (Fsp3) is 0.600. The number of hydrogen-bond acceptors (Lipinski definition) is 2. The van der Waals surface area contributed by atoms with Crippen LogP contribution in [0.25, 0.3) is 0 Å². The average Bonchev–Trinajstić information content (AvgIpc) is 2.38. The number of ether oxygens (including phenoxy) is 1. The molecule has 1 aliphatic rings. The van der Waals surface area contributed by atoms with Crippen LogP contribution in [0.4, 0.5) is 0 Å². The lowest BCUT2D eigenvalue weighted by Gasteiger charge is -2.26. The van der Waals surface area contributed by atoms with Gasteiger partial charge >= 0.3 is 0 Å². The second kappa shape index (κ2) is 6.18. The van der Waals surface area contributed by atoms with Crippen molar-refractivity contribution in [2.45, 2.75) is 26.2 Å². The summed E-state index contributed by atoms with van der Waals surface area (Å²) in [5.41, 5.74) is 2.88. The predicted octanol–water partition coefficient (Wildman–Crippen LogP) is 2.68. The molecule has 0 spiro atoms. The first-order chi connectivity index (χ1) is 8.25. The monoisotopic (exact) mass is 233 g/mol. The molecule has 0 aliphatic carbocycles. The molecule has 0 saturated carbocycles. The quantitative estimate of drug-likeness (QED) is 0.793. The molecule has 1 aromatic rings. The Morgan fingerprint density at radius 3 is 2.35 bits per heavy atom. The maximum atomic E-state index is 5.35. The van der Waals surface area contributed by atoms with Crippen molar-refractivity contribution < 1.29 is 4.74 Å². The molecule has 0 amide bonds. The Balaban J connectivity index is 1.82. The first-order valence-electron chi connectivity index (χ1n) is 6.64. The fourth-order valence-corrected chi connectivity index (χ4v) is 2.18. The van der Waals surface area contributed by atoms with Gasteiger partial charge in [-0.3, -0.25) is 4.90 Å². The molecular weight excluding hydrogens is 210 g/mol. The van der Waals surface area contributed by atoms with Crippen LogP contribution in [-0.4, -0.2) is 37.7 Å². The van der Waals surface area contributed by atoms with Crippen LogP contribution >= 0.6 is 0 Å². The summed E-state index contributed by atoms with van der Waals surface area (Å²) in [5.74, 6) is 0.628. The maximum absolute atomic E-state index is 5.35. The van der Waals surface area contributed by atoms with Crippen LogP contribution in [0.1, 0.15) is 30.9 Å². The Kier molecular flexibility index (Phi) is 4.57. The van der Waals surface area contributed by atoms with E-state index in [-0.39, 0.29) is 0 Å². The van der Waals surface area contributed by atoms with Gasteiger partial charge in [0.2, 0.25) is 0 Å². The van der Waals surface area contributed by atoms with E-state index in [0.29, 0.717) is 5.92 Å². The minimum atomic E-state index is 0.628. The highest BCUT2D eigenvalue weighted by Gasteiger charge is 2.09. The minimum absolute atomic E-state index is 0.628. The van der Waals surface area contributed by atoms with Crippen molar-refractivity contribution in [3.8, 4) is 0 Å². The fourth-order valence-electron chi connectivity index (χ4n) is 2.18. The van der Waals surface area contributed by atoms with Gasteiger partial charge in [-0.15, -0.1) is 0 Å². The van der Waals surface area contributed by atoms with Gasteiger partial charge in [0.05, 0.1) is 13.2 Å². The second-order valence-corrected chi connectivity index (χ2v) is 5.10. The zero-order valence-electron chi connectivity index (χ0n) is 11.0. The maximum Gasteiger partial charge on any atom is 0.0594 e. The largest absolute Gasteiger partial charge is 0.379 e. The number of benzene rings is 1. The molecule has 1 fully saturated rings. The topological polar surface area (TPSA) is 12.5 Å². The molecule has 0 atom stereocenters. The molecule has 17 heavy (non-hydrogen) atoms. The summed E-state index contributed by atoms with van der Waals surface area (Å²) < 4.78 is 5.35. The normalized spacial score (nSPS) is 17.6. The van der Waals surface area contributed by atoms with E-state index in [0.717, 1.165) is 39.3 Å². The lowest BCUT2D eigenvalue weighted by Crippen LogP contribution is -2.37. The van der Waals surface area contributed by atoms with E-state index in [1.54, 1.807) is 0 Å². The summed E-state index contributed by atoms with van der Waals surface area (Å²) in [6.45, 7) is 9.60. The van der Waals surface area contributed by atoms with Gasteiger partial charge < -0.3 is 4.74 Å². The number of morpholine rings is 1. The van der Waals surface area contributed by atoms with Crippen molar-refractivity contribution in [1.82, 2.24) is 4.90 Å². The zero-order chi connectivity index (χ0) is 12.1. The van der Waals surface area contributed by atoms with Gasteiger partial charge in [-0.05, 0) is 23.5 Å². The van der Waals surface area contributed by atoms with Crippen LogP contribution in [0, 0.1) is 0 Å². The van der Waals surface area contributed by atoms with Crippen LogP contribution in [0.2, 0.25) is 0 Å². The Bertz CT molecular complexity index is 325. The highest BCUT2D eigenvalue weighted by molar-refractivity contribution is 5.24. The highest BCUT2D eigenvalue weighted by atomic mass is 16.5. The average molecular weight is 233 g/mol. The minimum Gasteiger partial charge on any atom is -0.379 e. The van der Waals surface area contributed by atoms with Gasteiger partial charge in [0, 0.05) is 19.6 Å². The van der Waals surface area contributed by atoms with E-state index in [2.05, 4.69) is 43.0 Å². The summed E-state index contributed by atoms with van der Waals surface area (Å²) in [6.07, 6.45) is 1.15. The molecule has 2 heteroatoms. The molecule has 1 aromatic carbocycles. The molecule has 1 aliphatic heterocycles. The molecule has 2 nitrogen and oxygen atoms in total. The Morgan fingerprint density at radius 2 is 1.76 bits per heavy atom. The van der Waals surface area contributed by atoms with Crippen molar-refractivity contribution in [1.29, 1.82) is 0 Å². The van der Waals surface area contributed by atoms with Gasteiger partial charge in [-0.2, -0.15) is 0 Å². The molecule has 1 heterocycles. The van der Waals surface area contributed by atoms with Crippen LogP contribution in [-0.2, 0) is 11.2 Å². The van der Waals surface area contributed by atoms with E-state index in [1.165, 1.54) is 11.1 Å². The molecule has 0 bridgehead atoms. The second-order valence-electron chi connectivity index (χ2n) is 5.10. The number of hydrogen-bond donors (Lipinski definition) is 0.